The topological polar surface area (TPSA) is 94.9 Å². The monoisotopic (exact) mass is 337 g/mol. The molecule has 1 atom stereocenters. The van der Waals surface area contributed by atoms with E-state index >= 15 is 0 Å². The molecule has 1 aromatic carbocycles. The average molecular weight is 337 g/mol. The third-order valence-corrected chi connectivity index (χ3v) is 4.38. The Hall–Kier alpha value is -2.19. The minimum Gasteiger partial charge on any atom is -0.480 e. The van der Waals surface area contributed by atoms with Crippen molar-refractivity contribution in [1.82, 2.24) is 4.90 Å². The van der Waals surface area contributed by atoms with Crippen molar-refractivity contribution in [2.75, 3.05) is 0 Å². The van der Waals surface area contributed by atoms with Crippen LogP contribution in [0.3, 0.4) is 0 Å². The van der Waals surface area contributed by atoms with Crippen molar-refractivity contribution >= 4 is 52.2 Å². The molecular weight excluding hydrogens is 326 g/mol. The Morgan fingerprint density at radius 2 is 1.95 bits per heavy atom. The number of nitrogens with zero attached hydrogens (tertiary/aromatic N) is 1. The molecule has 1 aromatic rings. The van der Waals surface area contributed by atoms with Gasteiger partial charge >= 0.3 is 11.9 Å². The Morgan fingerprint density at radius 3 is 2.55 bits per heavy atom. The first-order valence-corrected chi connectivity index (χ1v) is 7.37. The quantitative estimate of drug-likeness (QED) is 0.641. The molecule has 0 saturated carbocycles. The van der Waals surface area contributed by atoms with Crippen molar-refractivity contribution in [2.24, 2.45) is 0 Å². The Kier molecular flexibility index (Phi) is 4.62. The van der Waals surface area contributed by atoms with Crippen LogP contribution in [0.1, 0.15) is 22.8 Å². The highest BCUT2D eigenvalue weighted by atomic mass is 32.2. The van der Waals surface area contributed by atoms with Gasteiger partial charge in [-0.25, -0.2) is 9.59 Å². The number of rotatable bonds is 4. The Labute approximate surface area is 135 Å². The van der Waals surface area contributed by atoms with Crippen molar-refractivity contribution in [3.8, 4) is 0 Å². The second-order valence-electron chi connectivity index (χ2n) is 4.46. The molecule has 1 aliphatic heterocycles. The zero-order valence-corrected chi connectivity index (χ0v) is 13.0. The fourth-order valence-corrected chi connectivity index (χ4v) is 3.29. The maximum Gasteiger partial charge on any atom is 0.336 e. The van der Waals surface area contributed by atoms with E-state index in [4.69, 9.17) is 22.4 Å². The molecule has 2 rings (SSSR count). The van der Waals surface area contributed by atoms with Gasteiger partial charge in [-0.05, 0) is 24.6 Å². The summed E-state index contributed by atoms with van der Waals surface area (Å²) in [6, 6.07) is 5.15. The summed E-state index contributed by atoms with van der Waals surface area (Å²) in [5.41, 5.74) is 0.414. The van der Waals surface area contributed by atoms with Gasteiger partial charge in [0, 0.05) is 0 Å². The first-order valence-electron chi connectivity index (χ1n) is 6.15. The number of carbonyl (C=O) groups is 3. The molecular formula is C14H11NO5S2. The predicted molar refractivity (Wildman–Crippen MR) is 85.5 cm³/mol. The van der Waals surface area contributed by atoms with Gasteiger partial charge in [0.05, 0.1) is 10.5 Å². The minimum atomic E-state index is -1.16. The van der Waals surface area contributed by atoms with Crippen LogP contribution in [-0.4, -0.2) is 43.3 Å². The number of thioether (sulfide) groups is 1. The van der Waals surface area contributed by atoms with E-state index in [0.29, 0.717) is 5.56 Å². The number of aliphatic carboxylic acids is 1. The summed E-state index contributed by atoms with van der Waals surface area (Å²) in [6.07, 6.45) is 1.41. The Bertz CT molecular complexity index is 713. The number of carbonyl (C=O) groups excluding carboxylic acids is 1. The summed E-state index contributed by atoms with van der Waals surface area (Å²) < 4.78 is 0.138. The highest BCUT2D eigenvalue weighted by Crippen LogP contribution is 2.34. The number of amides is 1. The largest absolute Gasteiger partial charge is 0.480 e. The Balaban J connectivity index is 2.39. The van der Waals surface area contributed by atoms with Gasteiger partial charge in [0.2, 0.25) is 0 Å². The van der Waals surface area contributed by atoms with Gasteiger partial charge in [0.15, 0.2) is 0 Å². The normalized spacial score (nSPS) is 17.9. The van der Waals surface area contributed by atoms with E-state index in [9.17, 15) is 14.4 Å². The van der Waals surface area contributed by atoms with Crippen LogP contribution in [0.15, 0.2) is 29.2 Å². The molecule has 114 valence electrons. The standard InChI is InChI=1S/C14H11NO5S2/c1-7(12(17)18)15-11(16)10(22-14(15)21)6-8-4-2-3-5-9(8)13(19)20/h2-7H,1H3,(H,17,18)(H,19,20)/b10-6+/t7-/m1/s1. The third kappa shape index (κ3) is 3.02. The van der Waals surface area contributed by atoms with Crippen molar-refractivity contribution < 1.29 is 24.6 Å². The van der Waals surface area contributed by atoms with E-state index in [0.717, 1.165) is 16.7 Å². The van der Waals surface area contributed by atoms with Gasteiger partial charge in [-0.2, -0.15) is 0 Å². The summed E-state index contributed by atoms with van der Waals surface area (Å²) in [5, 5.41) is 18.1. The van der Waals surface area contributed by atoms with Gasteiger partial charge in [0.25, 0.3) is 5.91 Å². The van der Waals surface area contributed by atoms with Gasteiger partial charge in [0.1, 0.15) is 10.4 Å². The number of carboxylic acids is 2. The summed E-state index contributed by atoms with van der Waals surface area (Å²) in [7, 11) is 0. The molecule has 1 fully saturated rings. The molecule has 1 heterocycles. The SMILES string of the molecule is C[C@H](C(=O)O)N1C(=O)/C(=C\c2ccccc2C(=O)O)SC1=S. The smallest absolute Gasteiger partial charge is 0.336 e. The van der Waals surface area contributed by atoms with Crippen LogP contribution in [0.4, 0.5) is 0 Å². The number of thiocarbonyl (C=S) groups is 1. The number of benzene rings is 1. The molecule has 1 aliphatic rings. The molecule has 0 spiro atoms. The van der Waals surface area contributed by atoms with Crippen LogP contribution in [0.25, 0.3) is 6.08 Å². The fraction of sp³-hybridized carbons (Fsp3) is 0.143. The molecule has 1 saturated heterocycles. The summed E-state index contributed by atoms with van der Waals surface area (Å²) in [5.74, 6) is -2.81. The number of hydrogen-bond acceptors (Lipinski definition) is 5. The van der Waals surface area contributed by atoms with Crippen LogP contribution < -0.4 is 0 Å². The second-order valence-corrected chi connectivity index (χ2v) is 6.13. The molecule has 0 radical (unpaired) electrons. The van der Waals surface area contributed by atoms with Crippen LogP contribution in [0.5, 0.6) is 0 Å². The maximum absolute atomic E-state index is 12.3. The summed E-state index contributed by atoms with van der Waals surface area (Å²) in [6.45, 7) is 1.36. The lowest BCUT2D eigenvalue weighted by Crippen LogP contribution is -2.41. The highest BCUT2D eigenvalue weighted by molar-refractivity contribution is 8.26. The lowest BCUT2D eigenvalue weighted by atomic mass is 10.1. The average Bonchev–Trinajstić information content (AvgIpc) is 2.73. The third-order valence-electron chi connectivity index (χ3n) is 3.05. The van der Waals surface area contributed by atoms with Crippen molar-refractivity contribution in [1.29, 1.82) is 0 Å². The lowest BCUT2D eigenvalue weighted by molar-refractivity contribution is -0.144. The zero-order chi connectivity index (χ0) is 16.4. The maximum atomic E-state index is 12.3. The van der Waals surface area contributed by atoms with E-state index < -0.39 is 23.9 Å². The first kappa shape index (κ1) is 16.2. The van der Waals surface area contributed by atoms with Gasteiger partial charge < -0.3 is 10.2 Å². The molecule has 1 amide bonds. The predicted octanol–water partition coefficient (Wildman–Crippen LogP) is 2.06. The molecule has 6 nitrogen and oxygen atoms in total. The van der Waals surface area contributed by atoms with Crippen LogP contribution >= 0.6 is 24.0 Å². The van der Waals surface area contributed by atoms with Crippen molar-refractivity contribution in [3.05, 3.63) is 40.3 Å². The minimum absolute atomic E-state index is 0.0547. The number of carboxylic acid groups (broad SMARTS) is 2. The summed E-state index contributed by atoms with van der Waals surface area (Å²) >= 11 is 5.99. The van der Waals surface area contributed by atoms with Crippen LogP contribution in [0.2, 0.25) is 0 Å². The fourth-order valence-electron chi connectivity index (χ4n) is 1.88. The number of aromatic carboxylic acids is 1. The van der Waals surface area contributed by atoms with Crippen molar-refractivity contribution in [2.45, 2.75) is 13.0 Å². The molecule has 0 bridgehead atoms. The van der Waals surface area contributed by atoms with Gasteiger partial charge in [-0.15, -0.1) is 0 Å². The summed E-state index contributed by atoms with van der Waals surface area (Å²) in [4.78, 5) is 35.7. The molecule has 0 aliphatic carbocycles. The van der Waals surface area contributed by atoms with E-state index in [-0.39, 0.29) is 14.8 Å². The molecule has 0 unspecified atom stereocenters. The second kappa shape index (κ2) is 6.29. The molecule has 8 heteroatoms. The van der Waals surface area contributed by atoms with E-state index in [1.54, 1.807) is 18.2 Å². The zero-order valence-electron chi connectivity index (χ0n) is 11.3. The van der Waals surface area contributed by atoms with E-state index in [2.05, 4.69) is 0 Å². The van der Waals surface area contributed by atoms with Crippen molar-refractivity contribution in [3.63, 3.8) is 0 Å². The van der Waals surface area contributed by atoms with Crippen LogP contribution in [-0.2, 0) is 9.59 Å². The van der Waals surface area contributed by atoms with E-state index in [1.807, 2.05) is 0 Å². The molecule has 0 aromatic heterocycles. The first-order chi connectivity index (χ1) is 10.3. The molecule has 22 heavy (non-hydrogen) atoms. The molecule has 2 N–H and O–H groups in total. The van der Waals surface area contributed by atoms with E-state index in [1.165, 1.54) is 19.1 Å². The van der Waals surface area contributed by atoms with Crippen LogP contribution in [0, 0.1) is 0 Å². The Morgan fingerprint density at radius 1 is 1.32 bits per heavy atom. The van der Waals surface area contributed by atoms with Gasteiger partial charge in [-0.3, -0.25) is 9.69 Å². The highest BCUT2D eigenvalue weighted by Gasteiger charge is 2.38. The lowest BCUT2D eigenvalue weighted by Gasteiger charge is -2.18. The van der Waals surface area contributed by atoms with Gasteiger partial charge in [-0.1, -0.05) is 42.2 Å². The number of hydrogen-bond donors (Lipinski definition) is 2.